The van der Waals surface area contributed by atoms with Gasteiger partial charge in [-0.15, -0.1) is 0 Å². The van der Waals surface area contributed by atoms with Crippen LogP contribution < -0.4 is 0 Å². The Morgan fingerprint density at radius 3 is 2.22 bits per heavy atom. The van der Waals surface area contributed by atoms with E-state index >= 15 is 0 Å². The third-order valence-corrected chi connectivity index (χ3v) is 3.26. The first-order valence-electron chi connectivity index (χ1n) is 6.19. The van der Waals surface area contributed by atoms with Crippen LogP contribution in [0.5, 0.6) is 0 Å². The van der Waals surface area contributed by atoms with E-state index in [2.05, 4.69) is 11.5 Å². The Bertz CT molecular complexity index is 369. The summed E-state index contributed by atoms with van der Waals surface area (Å²) in [4.78, 5) is 12.6. The number of hydrogen-bond acceptors (Lipinski definition) is 2. The van der Waals surface area contributed by atoms with Gasteiger partial charge < -0.3 is 9.69 Å². The highest BCUT2D eigenvalue weighted by atomic mass is 35.5. The molecular weight excluding hydrogens is 246 g/mol. The largest absolute Gasteiger partial charge is 0.375 e. The summed E-state index contributed by atoms with van der Waals surface area (Å²) in [7, 11) is 0. The first-order chi connectivity index (χ1) is 8.63. The Labute approximate surface area is 114 Å². The number of rotatable bonds is 2. The van der Waals surface area contributed by atoms with Gasteiger partial charge in [0.15, 0.2) is 0 Å². The molecule has 0 radical (unpaired) electrons. The van der Waals surface area contributed by atoms with E-state index in [1.54, 1.807) is 0 Å². The second-order valence-corrected chi connectivity index (χ2v) is 4.93. The second-order valence-electron chi connectivity index (χ2n) is 4.49. The van der Waals surface area contributed by atoms with Gasteiger partial charge in [0.1, 0.15) is 6.29 Å². The van der Waals surface area contributed by atoms with Crippen LogP contribution in [0.2, 0.25) is 5.02 Å². The molecule has 0 amide bonds. The molecule has 0 atom stereocenters. The molecular formula is C15H20ClNO. The normalized spacial score (nSPS) is 15.6. The average molecular weight is 266 g/mol. The topological polar surface area (TPSA) is 20.3 Å². The lowest BCUT2D eigenvalue weighted by Crippen LogP contribution is -2.32. The zero-order valence-electron chi connectivity index (χ0n) is 10.8. The number of nitrogens with zero attached hydrogens (tertiary/aromatic N) is 1. The summed E-state index contributed by atoms with van der Waals surface area (Å²) in [5, 5.41) is 0.794. The minimum absolute atomic E-state index is 0.297. The smallest absolute Gasteiger partial charge is 0.123 e. The molecule has 0 aliphatic carbocycles. The van der Waals surface area contributed by atoms with Crippen LogP contribution in [-0.2, 0) is 4.79 Å². The number of hydrogen-bond donors (Lipinski definition) is 0. The van der Waals surface area contributed by atoms with Crippen molar-refractivity contribution in [2.75, 3.05) is 13.1 Å². The van der Waals surface area contributed by atoms with E-state index in [-0.39, 0.29) is 0 Å². The van der Waals surface area contributed by atoms with Gasteiger partial charge >= 0.3 is 0 Å². The molecule has 2 rings (SSSR count). The van der Waals surface area contributed by atoms with Gasteiger partial charge in [0.25, 0.3) is 0 Å². The average Bonchev–Trinajstić information content (AvgIpc) is 2.40. The maximum atomic E-state index is 10.4. The van der Waals surface area contributed by atoms with Crippen LogP contribution in [0.3, 0.4) is 0 Å². The van der Waals surface area contributed by atoms with Gasteiger partial charge in [-0.1, -0.05) is 36.4 Å². The molecule has 0 spiro atoms. The van der Waals surface area contributed by atoms with Crippen molar-refractivity contribution in [3.8, 4) is 0 Å². The maximum absolute atomic E-state index is 10.4. The number of carbonyl (C=O) groups is 1. The van der Waals surface area contributed by atoms with Crippen LogP contribution in [0.1, 0.15) is 19.8 Å². The lowest BCUT2D eigenvalue weighted by atomic mass is 9.98. The summed E-state index contributed by atoms with van der Waals surface area (Å²) in [6, 6.07) is 9.44. The molecule has 2 nitrogen and oxygen atoms in total. The quantitative estimate of drug-likeness (QED) is 0.759. The van der Waals surface area contributed by atoms with E-state index in [1.165, 1.54) is 0 Å². The Morgan fingerprint density at radius 1 is 1.33 bits per heavy atom. The van der Waals surface area contributed by atoms with Crippen LogP contribution in [-0.4, -0.2) is 24.3 Å². The minimum atomic E-state index is 0.297. The molecule has 1 saturated heterocycles. The van der Waals surface area contributed by atoms with E-state index in [1.807, 2.05) is 37.3 Å². The molecule has 0 saturated carbocycles. The van der Waals surface area contributed by atoms with Gasteiger partial charge in [0.2, 0.25) is 0 Å². The first-order valence-corrected chi connectivity index (χ1v) is 6.57. The van der Waals surface area contributed by atoms with E-state index < -0.39 is 0 Å². The minimum Gasteiger partial charge on any atom is -0.375 e. The summed E-state index contributed by atoms with van der Waals surface area (Å²) in [6.07, 6.45) is 3.07. The number of allylic oxidation sites excluding steroid dienone is 1. The molecule has 18 heavy (non-hydrogen) atoms. The summed E-state index contributed by atoms with van der Waals surface area (Å²) in [5.74, 6) is 0.297. The van der Waals surface area contributed by atoms with Gasteiger partial charge in [-0.25, -0.2) is 0 Å². The Kier molecular flexibility index (Phi) is 6.51. The Balaban J connectivity index is 0.000000199. The van der Waals surface area contributed by atoms with Gasteiger partial charge in [-0.05, 0) is 31.9 Å². The van der Waals surface area contributed by atoms with Crippen LogP contribution in [0.25, 0.3) is 0 Å². The van der Waals surface area contributed by atoms with Crippen molar-refractivity contribution in [3.05, 3.63) is 47.6 Å². The number of aldehydes is 1. The number of carbonyl (C=O) groups excluding carboxylic acids is 1. The lowest BCUT2D eigenvalue weighted by molar-refractivity contribution is -0.112. The zero-order chi connectivity index (χ0) is 13.4. The highest BCUT2D eigenvalue weighted by Gasteiger charge is 2.17. The van der Waals surface area contributed by atoms with Crippen LogP contribution in [0.4, 0.5) is 0 Å². The van der Waals surface area contributed by atoms with Crippen molar-refractivity contribution in [2.45, 2.75) is 19.8 Å². The van der Waals surface area contributed by atoms with Crippen molar-refractivity contribution < 1.29 is 4.79 Å². The van der Waals surface area contributed by atoms with E-state index in [0.29, 0.717) is 5.92 Å². The maximum Gasteiger partial charge on any atom is 0.123 e. The SMILES string of the molecule is C=C(C)N1CCC(C=O)CC1.Clc1ccccc1. The Morgan fingerprint density at radius 2 is 1.89 bits per heavy atom. The van der Waals surface area contributed by atoms with Gasteiger partial charge in [0, 0.05) is 29.7 Å². The standard InChI is InChI=1S/C9H15NO.C6H5Cl/c1-8(2)10-5-3-9(7-11)4-6-10;7-6-4-2-1-3-5-6/h7,9H,1,3-6H2,2H3;1-5H. The Hall–Kier alpha value is -1.28. The molecule has 1 aromatic rings. The highest BCUT2D eigenvalue weighted by molar-refractivity contribution is 6.30. The number of piperidine rings is 1. The summed E-state index contributed by atoms with van der Waals surface area (Å²) in [6.45, 7) is 7.88. The van der Waals surface area contributed by atoms with Crippen LogP contribution >= 0.6 is 11.6 Å². The van der Waals surface area contributed by atoms with Crippen molar-refractivity contribution in [3.63, 3.8) is 0 Å². The molecule has 0 N–H and O–H groups in total. The van der Waals surface area contributed by atoms with Crippen LogP contribution in [0, 0.1) is 5.92 Å². The number of halogens is 1. The summed E-state index contributed by atoms with van der Waals surface area (Å²) >= 11 is 5.54. The fourth-order valence-electron chi connectivity index (χ4n) is 1.83. The van der Waals surface area contributed by atoms with Crippen molar-refractivity contribution >= 4 is 17.9 Å². The molecule has 1 fully saturated rings. The molecule has 0 bridgehead atoms. The van der Waals surface area contributed by atoms with Crippen molar-refractivity contribution in [1.82, 2.24) is 4.90 Å². The summed E-state index contributed by atoms with van der Waals surface area (Å²) in [5.41, 5.74) is 1.12. The first kappa shape index (κ1) is 14.8. The molecule has 1 heterocycles. The molecule has 98 valence electrons. The van der Waals surface area contributed by atoms with Crippen molar-refractivity contribution in [1.29, 1.82) is 0 Å². The van der Waals surface area contributed by atoms with E-state index in [0.717, 1.165) is 42.9 Å². The zero-order valence-corrected chi connectivity index (χ0v) is 11.6. The third-order valence-electron chi connectivity index (χ3n) is 3.01. The molecule has 1 aromatic carbocycles. The fraction of sp³-hybridized carbons (Fsp3) is 0.400. The summed E-state index contributed by atoms with van der Waals surface area (Å²) < 4.78 is 0. The van der Waals surface area contributed by atoms with E-state index in [4.69, 9.17) is 11.6 Å². The highest BCUT2D eigenvalue weighted by Crippen LogP contribution is 2.17. The molecule has 1 aliphatic heterocycles. The molecule has 1 aliphatic rings. The second kappa shape index (κ2) is 7.93. The third kappa shape index (κ3) is 5.37. The molecule has 0 unspecified atom stereocenters. The monoisotopic (exact) mass is 265 g/mol. The molecule has 0 aromatic heterocycles. The lowest BCUT2D eigenvalue weighted by Gasteiger charge is -2.31. The fourth-order valence-corrected chi connectivity index (χ4v) is 1.98. The number of benzene rings is 1. The number of likely N-dealkylation sites (tertiary alicyclic amines) is 1. The van der Waals surface area contributed by atoms with Crippen molar-refractivity contribution in [2.24, 2.45) is 5.92 Å². The molecule has 3 heteroatoms. The van der Waals surface area contributed by atoms with Gasteiger partial charge in [-0.2, -0.15) is 0 Å². The van der Waals surface area contributed by atoms with Gasteiger partial charge in [0.05, 0.1) is 0 Å². The predicted molar refractivity (Wildman–Crippen MR) is 76.6 cm³/mol. The van der Waals surface area contributed by atoms with E-state index in [9.17, 15) is 4.79 Å². The van der Waals surface area contributed by atoms with Gasteiger partial charge in [-0.3, -0.25) is 0 Å². The van der Waals surface area contributed by atoms with Crippen LogP contribution in [0.15, 0.2) is 42.6 Å². The predicted octanol–water partition coefficient (Wildman–Crippen LogP) is 3.77.